The van der Waals surface area contributed by atoms with Gasteiger partial charge in [-0.15, -0.1) is 0 Å². The van der Waals surface area contributed by atoms with Crippen molar-refractivity contribution in [3.05, 3.63) is 58.9 Å². The van der Waals surface area contributed by atoms with Gasteiger partial charge < -0.3 is 4.42 Å². The monoisotopic (exact) mass is 376 g/mol. The summed E-state index contributed by atoms with van der Waals surface area (Å²) in [6.07, 6.45) is 2.43. The van der Waals surface area contributed by atoms with Gasteiger partial charge in [-0.25, -0.2) is 9.55 Å². The van der Waals surface area contributed by atoms with Crippen LogP contribution in [0.15, 0.2) is 40.9 Å². The van der Waals surface area contributed by atoms with Crippen LogP contribution in [0.5, 0.6) is 0 Å². The molecule has 0 aliphatic rings. The van der Waals surface area contributed by atoms with Crippen LogP contribution in [0, 0.1) is 26.1 Å². The second-order valence-electron chi connectivity index (χ2n) is 8.99. The molecule has 3 nitrogen and oxygen atoms in total. The zero-order valence-corrected chi connectivity index (χ0v) is 17.5. The van der Waals surface area contributed by atoms with Crippen molar-refractivity contribution in [3.8, 4) is 11.3 Å². The molecule has 144 valence electrons. The van der Waals surface area contributed by atoms with Crippen LogP contribution in [0.25, 0.3) is 33.3 Å². The van der Waals surface area contributed by atoms with Crippen LogP contribution in [0.1, 0.15) is 47.3 Å². The maximum Gasteiger partial charge on any atom is 0.227 e. The van der Waals surface area contributed by atoms with Gasteiger partial charge in [0.05, 0.1) is 5.56 Å². The lowest BCUT2D eigenvalue weighted by atomic mass is 9.86. The highest BCUT2D eigenvalue weighted by atomic mass is 16.3. The summed E-state index contributed by atoms with van der Waals surface area (Å²) in [4.78, 5) is 4.56. The normalized spacial score (nSPS) is 14.3. The van der Waals surface area contributed by atoms with E-state index in [0.717, 1.165) is 44.4 Å². The molecule has 0 bridgehead atoms. The third kappa shape index (κ3) is 3.19. The zero-order valence-electron chi connectivity index (χ0n) is 20.5. The molecule has 3 heteroatoms. The third-order valence-electron chi connectivity index (χ3n) is 5.19. The number of rotatable bonds is 2. The van der Waals surface area contributed by atoms with Gasteiger partial charge in [0.25, 0.3) is 0 Å². The van der Waals surface area contributed by atoms with Gasteiger partial charge >= 0.3 is 0 Å². The fourth-order valence-electron chi connectivity index (χ4n) is 3.89. The molecular formula is C25H29N2O+. The highest BCUT2D eigenvalue weighted by Gasteiger charge is 2.23. The molecule has 3 aromatic heterocycles. The maximum atomic E-state index is 8.05. The van der Waals surface area contributed by atoms with Crippen molar-refractivity contribution in [1.82, 2.24) is 4.98 Å². The second kappa shape index (κ2) is 6.44. The SMILES string of the molecule is [2H]C([2H])([2H])c1c[n+](C)c(-c2c(C)ccc3c2oc2nc(C)ccc23)cc1CC(C)(C)C. The Hall–Kier alpha value is -2.68. The van der Waals surface area contributed by atoms with Gasteiger partial charge in [0.1, 0.15) is 7.05 Å². The van der Waals surface area contributed by atoms with Gasteiger partial charge in [-0.2, -0.15) is 0 Å². The van der Waals surface area contributed by atoms with E-state index in [1.54, 1.807) is 6.20 Å². The summed E-state index contributed by atoms with van der Waals surface area (Å²) in [5.74, 6) is 0. The van der Waals surface area contributed by atoms with E-state index in [1.165, 1.54) is 0 Å². The van der Waals surface area contributed by atoms with Crippen molar-refractivity contribution in [3.63, 3.8) is 0 Å². The van der Waals surface area contributed by atoms with Crippen LogP contribution in [0.4, 0.5) is 0 Å². The Balaban J connectivity index is 2.04. The Morgan fingerprint density at radius 2 is 1.82 bits per heavy atom. The van der Waals surface area contributed by atoms with Crippen molar-refractivity contribution in [2.24, 2.45) is 12.5 Å². The first-order valence-electron chi connectivity index (χ1n) is 11.2. The topological polar surface area (TPSA) is 29.9 Å². The first kappa shape index (κ1) is 15.3. The molecule has 0 saturated heterocycles. The number of furan rings is 1. The summed E-state index contributed by atoms with van der Waals surface area (Å²) in [6, 6.07) is 10.2. The maximum absolute atomic E-state index is 8.05. The minimum Gasteiger partial charge on any atom is -0.437 e. The van der Waals surface area contributed by atoms with E-state index in [1.807, 2.05) is 36.7 Å². The molecule has 0 amide bonds. The molecule has 0 N–H and O–H groups in total. The second-order valence-corrected chi connectivity index (χ2v) is 8.99. The molecule has 0 aliphatic heterocycles. The van der Waals surface area contributed by atoms with Crippen molar-refractivity contribution in [2.45, 2.75) is 47.9 Å². The number of hydrogen-bond acceptors (Lipinski definition) is 2. The van der Waals surface area contributed by atoms with Crippen molar-refractivity contribution in [2.75, 3.05) is 0 Å². The van der Waals surface area contributed by atoms with Gasteiger partial charge in [-0.3, -0.25) is 0 Å². The summed E-state index contributed by atoms with van der Waals surface area (Å²) in [6.45, 7) is 8.22. The largest absolute Gasteiger partial charge is 0.437 e. The Morgan fingerprint density at radius 1 is 1.07 bits per heavy atom. The predicted octanol–water partition coefficient (Wildman–Crippen LogP) is 5.99. The molecule has 28 heavy (non-hydrogen) atoms. The first-order chi connectivity index (χ1) is 14.3. The van der Waals surface area contributed by atoms with Crippen LogP contribution in [0.2, 0.25) is 0 Å². The standard InChI is InChI=1S/C25H29N2O/c1-15-8-10-19-20-11-9-17(3)26-24(20)28-23(19)22(15)21-12-18(13-25(4,5)6)16(2)14-27(21)7/h8-12,14H,13H2,1-7H3/q+1/i2D3. The average Bonchev–Trinajstić information content (AvgIpc) is 2.98. The van der Waals surface area contributed by atoms with Gasteiger partial charge in [-0.1, -0.05) is 32.9 Å². The highest BCUT2D eigenvalue weighted by Crippen LogP contribution is 2.37. The molecule has 4 aromatic rings. The summed E-state index contributed by atoms with van der Waals surface area (Å²) < 4.78 is 32.3. The molecule has 0 radical (unpaired) electrons. The molecule has 0 unspecified atom stereocenters. The van der Waals surface area contributed by atoms with Crippen molar-refractivity contribution < 1.29 is 13.1 Å². The average molecular weight is 377 g/mol. The number of fused-ring (bicyclic) bond motifs is 3. The molecule has 1 aromatic carbocycles. The molecule has 0 fully saturated rings. The fraction of sp³-hybridized carbons (Fsp3) is 0.360. The molecule has 0 atom stereocenters. The smallest absolute Gasteiger partial charge is 0.227 e. The van der Waals surface area contributed by atoms with Crippen molar-refractivity contribution in [1.29, 1.82) is 0 Å². The lowest BCUT2D eigenvalue weighted by Crippen LogP contribution is -2.32. The number of pyridine rings is 2. The number of benzene rings is 1. The molecule has 0 spiro atoms. The van der Waals surface area contributed by atoms with E-state index in [4.69, 9.17) is 8.53 Å². The lowest BCUT2D eigenvalue weighted by molar-refractivity contribution is -0.660. The summed E-state index contributed by atoms with van der Waals surface area (Å²) in [5.41, 5.74) is 6.51. The Labute approximate surface area is 171 Å². The Kier molecular flexibility index (Phi) is 3.51. The van der Waals surface area contributed by atoms with E-state index >= 15 is 0 Å². The number of nitrogens with zero attached hydrogens (tertiary/aromatic N) is 2. The van der Waals surface area contributed by atoms with Crippen LogP contribution >= 0.6 is 0 Å². The van der Waals surface area contributed by atoms with Crippen molar-refractivity contribution >= 4 is 22.1 Å². The lowest BCUT2D eigenvalue weighted by Gasteiger charge is -2.19. The van der Waals surface area contributed by atoms with E-state index in [2.05, 4.69) is 44.8 Å². The van der Waals surface area contributed by atoms with Gasteiger partial charge in [0.15, 0.2) is 11.8 Å². The van der Waals surface area contributed by atoms with Crippen LogP contribution in [-0.2, 0) is 13.5 Å². The number of hydrogen-bond donors (Lipinski definition) is 0. The Morgan fingerprint density at radius 3 is 2.54 bits per heavy atom. The number of aryl methyl sites for hydroxylation is 4. The van der Waals surface area contributed by atoms with E-state index in [0.29, 0.717) is 17.7 Å². The van der Waals surface area contributed by atoms with Gasteiger partial charge in [0, 0.05) is 32.2 Å². The van der Waals surface area contributed by atoms with Crippen LogP contribution in [0.3, 0.4) is 0 Å². The molecule has 4 rings (SSSR count). The fourth-order valence-corrected chi connectivity index (χ4v) is 3.89. The van der Waals surface area contributed by atoms with Gasteiger partial charge in [0.2, 0.25) is 11.4 Å². The minimum atomic E-state index is -2.17. The molecular weight excluding hydrogens is 344 g/mol. The van der Waals surface area contributed by atoms with E-state index < -0.39 is 6.85 Å². The van der Waals surface area contributed by atoms with Crippen LogP contribution < -0.4 is 4.57 Å². The minimum absolute atomic E-state index is 0.0426. The van der Waals surface area contributed by atoms with Gasteiger partial charge in [-0.05, 0) is 55.8 Å². The Bertz CT molecular complexity index is 1310. The number of aromatic nitrogens is 2. The zero-order chi connectivity index (χ0) is 22.7. The summed E-state index contributed by atoms with van der Waals surface area (Å²) in [7, 11) is 1.90. The predicted molar refractivity (Wildman–Crippen MR) is 115 cm³/mol. The van der Waals surface area contributed by atoms with E-state index in [-0.39, 0.29) is 5.41 Å². The molecule has 3 heterocycles. The van der Waals surface area contributed by atoms with E-state index in [9.17, 15) is 0 Å². The molecule has 0 saturated carbocycles. The van der Waals surface area contributed by atoms with Crippen LogP contribution in [-0.4, -0.2) is 4.98 Å². The summed E-state index contributed by atoms with van der Waals surface area (Å²) in [5, 5.41) is 2.00. The highest BCUT2D eigenvalue weighted by molar-refractivity contribution is 6.08. The quantitative estimate of drug-likeness (QED) is 0.402. The molecule has 0 aliphatic carbocycles. The summed E-state index contributed by atoms with van der Waals surface area (Å²) >= 11 is 0. The first-order valence-corrected chi connectivity index (χ1v) is 9.68. The third-order valence-corrected chi connectivity index (χ3v) is 5.19.